The van der Waals surface area contributed by atoms with Gasteiger partial charge in [-0.25, -0.2) is 9.78 Å². The zero-order chi connectivity index (χ0) is 13.9. The third-order valence-corrected chi connectivity index (χ3v) is 3.80. The highest BCUT2D eigenvalue weighted by Crippen LogP contribution is 2.16. The summed E-state index contributed by atoms with van der Waals surface area (Å²) in [5.41, 5.74) is 1.48. The summed E-state index contributed by atoms with van der Waals surface area (Å²) in [4.78, 5) is 16.0. The number of nitrogens with zero attached hydrogens (tertiary/aromatic N) is 1. The number of nitrogens with two attached hydrogens (primary N) is 1. The quantitative estimate of drug-likeness (QED) is 0.900. The maximum Gasteiger partial charge on any atom is 0.346 e. The van der Waals surface area contributed by atoms with Crippen LogP contribution in [0.5, 0.6) is 0 Å². The third-order valence-electron chi connectivity index (χ3n) is 3.80. The molecule has 0 aliphatic carbocycles. The Bertz CT molecular complexity index is 697. The van der Waals surface area contributed by atoms with Crippen LogP contribution in [0.3, 0.4) is 0 Å². The number of quaternary nitrogens is 1. The lowest BCUT2D eigenvalue weighted by molar-refractivity contribution is -0.664. The van der Waals surface area contributed by atoms with Crippen LogP contribution in [0.2, 0.25) is 0 Å². The molecule has 2 N–H and O–H groups in total. The minimum absolute atomic E-state index is 0.314. The smallest absolute Gasteiger partial charge is 0.346 e. The Morgan fingerprint density at radius 1 is 1.35 bits per heavy atom. The molecule has 1 saturated heterocycles. The van der Waals surface area contributed by atoms with Gasteiger partial charge in [0.25, 0.3) is 0 Å². The predicted octanol–water partition coefficient (Wildman–Crippen LogP) is 1.48. The summed E-state index contributed by atoms with van der Waals surface area (Å²) in [7, 11) is 0. The Morgan fingerprint density at radius 2 is 2.15 bits per heavy atom. The van der Waals surface area contributed by atoms with Gasteiger partial charge in [-0.2, -0.15) is 0 Å². The van der Waals surface area contributed by atoms with Gasteiger partial charge < -0.3 is 9.73 Å². The number of benzene rings is 1. The minimum atomic E-state index is -0.314. The molecule has 0 radical (unpaired) electrons. The van der Waals surface area contributed by atoms with Crippen molar-refractivity contribution < 1.29 is 9.73 Å². The van der Waals surface area contributed by atoms with E-state index in [0.29, 0.717) is 22.7 Å². The topological polar surface area (TPSA) is 59.7 Å². The summed E-state index contributed by atoms with van der Waals surface area (Å²) in [5, 5.41) is 2.91. The zero-order valence-electron chi connectivity index (χ0n) is 11.6. The Hall–Kier alpha value is -1.94. The van der Waals surface area contributed by atoms with Crippen molar-refractivity contribution >= 4 is 17.0 Å². The fraction of sp³-hybridized carbons (Fsp3) is 0.375. The number of hydrogen-bond acceptors (Lipinski definition) is 3. The highest BCUT2D eigenvalue weighted by Gasteiger charge is 2.11. The summed E-state index contributed by atoms with van der Waals surface area (Å²) in [6.07, 6.45) is 6.91. The molecule has 0 saturated carbocycles. The lowest BCUT2D eigenvalue weighted by Gasteiger charge is -2.16. The third kappa shape index (κ3) is 2.80. The summed E-state index contributed by atoms with van der Waals surface area (Å²) in [6.45, 7) is 4.13. The van der Waals surface area contributed by atoms with Gasteiger partial charge in [-0.3, -0.25) is 0 Å². The molecule has 1 aliphatic rings. The molecule has 4 heteroatoms. The molecule has 4 nitrogen and oxygen atoms in total. The molecule has 1 fully saturated rings. The second kappa shape index (κ2) is 5.59. The number of hydrogen-bond donors (Lipinski definition) is 1. The van der Waals surface area contributed by atoms with Gasteiger partial charge in [0.05, 0.1) is 24.0 Å². The van der Waals surface area contributed by atoms with E-state index in [1.807, 2.05) is 12.1 Å². The van der Waals surface area contributed by atoms with Gasteiger partial charge in [-0.1, -0.05) is 18.2 Å². The maximum absolute atomic E-state index is 11.7. The maximum atomic E-state index is 11.7. The average molecular weight is 271 g/mol. The van der Waals surface area contributed by atoms with Crippen molar-refractivity contribution in [1.82, 2.24) is 4.98 Å². The molecule has 0 unspecified atom stereocenters. The van der Waals surface area contributed by atoms with E-state index in [1.54, 1.807) is 13.0 Å². The van der Waals surface area contributed by atoms with E-state index in [9.17, 15) is 4.79 Å². The number of aromatic nitrogens is 1. The Kier molecular flexibility index (Phi) is 3.65. The van der Waals surface area contributed by atoms with E-state index in [1.165, 1.54) is 25.9 Å². The number of rotatable bonds is 2. The van der Waals surface area contributed by atoms with Crippen LogP contribution >= 0.6 is 0 Å². The van der Waals surface area contributed by atoms with Crippen LogP contribution in [0.15, 0.2) is 33.5 Å². The number of aryl methyl sites for hydroxylation is 1. The second-order valence-electron chi connectivity index (χ2n) is 5.36. The summed E-state index contributed by atoms with van der Waals surface area (Å²) >= 11 is 0. The molecule has 3 rings (SSSR count). The molecule has 2 aromatic rings. The second-order valence-corrected chi connectivity index (χ2v) is 5.36. The van der Waals surface area contributed by atoms with Crippen molar-refractivity contribution in [2.45, 2.75) is 19.8 Å². The predicted molar refractivity (Wildman–Crippen MR) is 78.4 cm³/mol. The van der Waals surface area contributed by atoms with Gasteiger partial charge in [0.1, 0.15) is 0 Å². The first kappa shape index (κ1) is 13.1. The van der Waals surface area contributed by atoms with Gasteiger partial charge in [0, 0.05) is 19.8 Å². The molecule has 1 aromatic carbocycles. The van der Waals surface area contributed by atoms with Gasteiger partial charge in [0.2, 0.25) is 0 Å². The molecular formula is C16H19N2O2+. The van der Waals surface area contributed by atoms with Crippen molar-refractivity contribution in [3.8, 4) is 0 Å². The first-order chi connectivity index (χ1) is 9.72. The number of allylic oxidation sites excluding steroid dienone is 1. The molecule has 0 amide bonds. The van der Waals surface area contributed by atoms with Crippen molar-refractivity contribution in [2.75, 3.05) is 13.1 Å². The largest absolute Gasteiger partial charge is 0.408 e. The van der Waals surface area contributed by atoms with E-state index >= 15 is 0 Å². The van der Waals surface area contributed by atoms with Crippen molar-refractivity contribution in [3.63, 3.8) is 0 Å². The Labute approximate surface area is 117 Å². The summed E-state index contributed by atoms with van der Waals surface area (Å²) < 4.78 is 5.00. The Morgan fingerprint density at radius 3 is 2.95 bits per heavy atom. The van der Waals surface area contributed by atoms with E-state index in [0.717, 1.165) is 5.56 Å². The van der Waals surface area contributed by atoms with Crippen LogP contribution < -0.4 is 10.9 Å². The van der Waals surface area contributed by atoms with Crippen molar-refractivity contribution in [3.05, 3.63) is 46.1 Å². The molecule has 20 heavy (non-hydrogen) atoms. The van der Waals surface area contributed by atoms with Crippen LogP contribution in [0.1, 0.15) is 24.3 Å². The molecule has 0 bridgehead atoms. The summed E-state index contributed by atoms with van der Waals surface area (Å²) in [5.74, 6) is 1.08. The van der Waals surface area contributed by atoms with Crippen LogP contribution in [0, 0.1) is 12.8 Å². The van der Waals surface area contributed by atoms with E-state index in [-0.39, 0.29) is 5.63 Å². The fourth-order valence-corrected chi connectivity index (χ4v) is 2.69. The summed E-state index contributed by atoms with van der Waals surface area (Å²) in [6, 6.07) is 5.69. The molecule has 0 atom stereocenters. The molecule has 1 aromatic heterocycles. The minimum Gasteiger partial charge on any atom is -0.408 e. The van der Waals surface area contributed by atoms with Gasteiger partial charge in [-0.05, 0) is 23.6 Å². The van der Waals surface area contributed by atoms with Gasteiger partial charge >= 0.3 is 5.63 Å². The van der Waals surface area contributed by atoms with Crippen LogP contribution in [0.25, 0.3) is 17.0 Å². The number of piperidine rings is 1. The van der Waals surface area contributed by atoms with Crippen LogP contribution in [0.4, 0.5) is 0 Å². The number of fused-ring (bicyclic) bond motifs is 1. The van der Waals surface area contributed by atoms with E-state index < -0.39 is 0 Å². The standard InChI is InChI=1S/C16H18N2O2/c1-11-18-15-10-13(4-5-14(15)16(19)20-11)3-2-12-6-8-17-9-7-12/h2-5,10,12,17H,6-9H2,1H3/p+1. The molecular weight excluding hydrogens is 252 g/mol. The average Bonchev–Trinajstić information content (AvgIpc) is 2.45. The van der Waals surface area contributed by atoms with Crippen LogP contribution in [-0.4, -0.2) is 18.1 Å². The lowest BCUT2D eigenvalue weighted by Crippen LogP contribution is -2.86. The SMILES string of the molecule is Cc1nc2cc(C=CC3CC[NH2+]CC3)ccc2c(=O)o1. The van der Waals surface area contributed by atoms with Crippen LogP contribution in [-0.2, 0) is 0 Å². The highest BCUT2D eigenvalue weighted by molar-refractivity contribution is 5.79. The van der Waals surface area contributed by atoms with E-state index in [2.05, 4.69) is 22.5 Å². The molecule has 2 heterocycles. The molecule has 0 spiro atoms. The normalized spacial score (nSPS) is 17.1. The van der Waals surface area contributed by atoms with Gasteiger partial charge in [0.15, 0.2) is 5.89 Å². The van der Waals surface area contributed by atoms with Crippen molar-refractivity contribution in [1.29, 1.82) is 0 Å². The highest BCUT2D eigenvalue weighted by atomic mass is 16.4. The lowest BCUT2D eigenvalue weighted by atomic mass is 9.97. The Balaban J connectivity index is 1.88. The monoisotopic (exact) mass is 271 g/mol. The van der Waals surface area contributed by atoms with Crippen molar-refractivity contribution in [2.24, 2.45) is 5.92 Å². The molecule has 104 valence electrons. The first-order valence-corrected chi connectivity index (χ1v) is 7.14. The molecule has 1 aliphatic heterocycles. The zero-order valence-corrected chi connectivity index (χ0v) is 11.6. The fourth-order valence-electron chi connectivity index (χ4n) is 2.69. The van der Waals surface area contributed by atoms with E-state index in [4.69, 9.17) is 4.42 Å². The first-order valence-electron chi connectivity index (χ1n) is 7.14. The van der Waals surface area contributed by atoms with Gasteiger partial charge in [-0.15, -0.1) is 0 Å².